The molecule has 4 nitrogen and oxygen atoms in total. The number of aromatic nitrogens is 3. The van der Waals surface area contributed by atoms with Gasteiger partial charge in [0.2, 0.25) is 0 Å². The van der Waals surface area contributed by atoms with Crippen molar-refractivity contribution in [3.05, 3.63) is 58.0 Å². The fourth-order valence-electron chi connectivity index (χ4n) is 1.51. The molecule has 17 heavy (non-hydrogen) atoms. The zero-order valence-corrected chi connectivity index (χ0v) is 10.4. The molecule has 0 spiro atoms. The molecule has 0 aliphatic rings. The second-order valence-electron chi connectivity index (χ2n) is 3.83. The third-order valence-corrected chi connectivity index (χ3v) is 2.84. The third kappa shape index (κ3) is 3.17. The summed E-state index contributed by atoms with van der Waals surface area (Å²) < 4.78 is 1.57. The Morgan fingerprint density at radius 3 is 2.82 bits per heavy atom. The average molecular weight is 247 g/mol. The van der Waals surface area contributed by atoms with E-state index in [0.29, 0.717) is 12.2 Å². The van der Waals surface area contributed by atoms with Gasteiger partial charge < -0.3 is 0 Å². The molecule has 0 fully saturated rings. The highest BCUT2D eigenvalue weighted by atomic mass is 32.1. The lowest BCUT2D eigenvalue weighted by Crippen LogP contribution is -2.13. The smallest absolute Gasteiger partial charge is 0.272 e. The molecule has 0 atom stereocenters. The van der Waals surface area contributed by atoms with Crippen molar-refractivity contribution in [2.75, 3.05) is 0 Å². The van der Waals surface area contributed by atoms with Crippen LogP contribution in [0.4, 0.5) is 0 Å². The second kappa shape index (κ2) is 5.14. The van der Waals surface area contributed by atoms with Crippen LogP contribution in [-0.2, 0) is 12.8 Å². The number of hydrogen-bond acceptors (Lipinski definition) is 4. The lowest BCUT2D eigenvalue weighted by Gasteiger charge is -2.05. The van der Waals surface area contributed by atoms with Gasteiger partial charge in [0.1, 0.15) is 5.82 Å². The van der Waals surface area contributed by atoms with Gasteiger partial charge in [-0.15, -0.1) is 0 Å². The zero-order chi connectivity index (χ0) is 12.3. The first-order chi connectivity index (χ1) is 8.15. The molecule has 0 bridgehead atoms. The summed E-state index contributed by atoms with van der Waals surface area (Å²) in [5, 5.41) is 0. The number of rotatable bonds is 3. The monoisotopic (exact) mass is 247 g/mol. The Morgan fingerprint density at radius 1 is 1.29 bits per heavy atom. The number of nitrogens with zero attached hydrogens (tertiary/aromatic N) is 3. The van der Waals surface area contributed by atoms with Crippen LogP contribution in [0.1, 0.15) is 17.1 Å². The number of hydrogen-bond donors (Lipinski definition) is 1. The molecule has 2 aromatic rings. The van der Waals surface area contributed by atoms with Crippen LogP contribution >= 0.6 is 12.8 Å². The summed E-state index contributed by atoms with van der Waals surface area (Å²) in [6.45, 7) is 1.95. The minimum absolute atomic E-state index is 0.229. The Morgan fingerprint density at radius 2 is 2.12 bits per heavy atom. The van der Waals surface area contributed by atoms with Crippen molar-refractivity contribution in [3.8, 4) is 0 Å². The van der Waals surface area contributed by atoms with Gasteiger partial charge >= 0.3 is 0 Å². The number of thiol groups is 1. The van der Waals surface area contributed by atoms with Crippen LogP contribution in [0.25, 0.3) is 0 Å². The van der Waals surface area contributed by atoms with Crippen LogP contribution < -0.4 is 5.56 Å². The maximum absolute atomic E-state index is 11.1. The molecule has 2 aromatic heterocycles. The molecule has 0 N–H and O–H groups in total. The summed E-state index contributed by atoms with van der Waals surface area (Å²) >= 11 is 4.21. The van der Waals surface area contributed by atoms with E-state index in [2.05, 4.69) is 22.8 Å². The molecule has 2 heterocycles. The van der Waals surface area contributed by atoms with Gasteiger partial charge in [-0.1, -0.05) is 18.9 Å². The molecule has 2 rings (SSSR count). The van der Waals surface area contributed by atoms with E-state index in [1.54, 1.807) is 10.2 Å². The van der Waals surface area contributed by atoms with Crippen molar-refractivity contribution in [2.45, 2.75) is 19.8 Å². The van der Waals surface area contributed by atoms with E-state index >= 15 is 0 Å². The quantitative estimate of drug-likeness (QED) is 0.835. The molecule has 0 aliphatic heterocycles. The lowest BCUT2D eigenvalue weighted by atomic mass is 10.1. The predicted molar refractivity (Wildman–Crippen MR) is 69.3 cm³/mol. The average Bonchev–Trinajstić information content (AvgIpc) is 2.32. The molecular weight excluding hydrogens is 234 g/mol. The predicted octanol–water partition coefficient (Wildman–Crippen LogP) is 1.42. The Labute approximate surface area is 105 Å². The van der Waals surface area contributed by atoms with Crippen LogP contribution in [0, 0.1) is 6.92 Å². The maximum atomic E-state index is 11.1. The molecular formula is C12H13N3OS. The molecule has 0 aromatic carbocycles. The lowest BCUT2D eigenvalue weighted by molar-refractivity contribution is 0.825. The first kappa shape index (κ1) is 11.9. The van der Waals surface area contributed by atoms with Gasteiger partial charge in [-0.05, 0) is 25.0 Å². The summed E-state index contributed by atoms with van der Waals surface area (Å²) in [6.07, 6.45) is 4.93. The maximum Gasteiger partial charge on any atom is 0.272 e. The van der Waals surface area contributed by atoms with Crippen LogP contribution in [0.5, 0.6) is 0 Å². The summed E-state index contributed by atoms with van der Waals surface area (Å²) in [5.41, 5.74) is 1.90. The van der Waals surface area contributed by atoms with E-state index in [1.807, 2.05) is 25.3 Å². The van der Waals surface area contributed by atoms with Crippen LogP contribution in [-0.4, -0.2) is 13.9 Å². The van der Waals surface area contributed by atoms with Gasteiger partial charge in [0, 0.05) is 30.6 Å². The van der Waals surface area contributed by atoms with Crippen LogP contribution in [0.2, 0.25) is 0 Å². The topological polar surface area (TPSA) is 47.8 Å². The summed E-state index contributed by atoms with van der Waals surface area (Å²) in [7, 11) is 0. The van der Waals surface area contributed by atoms with Gasteiger partial charge in [0.15, 0.2) is 0 Å². The van der Waals surface area contributed by atoms with Crippen molar-refractivity contribution >= 4 is 12.8 Å². The highest BCUT2D eigenvalue weighted by molar-refractivity contribution is 7.78. The molecule has 0 unspecified atom stereocenters. The standard InChI is InChI=1S/C12H13N3OS/c1-9-2-3-10(8-13-9)4-5-11-14-12(16)6-7-15(11)17/h2-3,6-8,17H,4-5H2,1H3. The van der Waals surface area contributed by atoms with E-state index in [4.69, 9.17) is 0 Å². The first-order valence-corrected chi connectivity index (χ1v) is 5.74. The van der Waals surface area contributed by atoms with Crippen LogP contribution in [0.15, 0.2) is 35.4 Å². The molecule has 0 aliphatic carbocycles. The molecule has 0 saturated heterocycles. The van der Waals surface area contributed by atoms with Crippen LogP contribution in [0.3, 0.4) is 0 Å². The second-order valence-corrected chi connectivity index (χ2v) is 4.27. The fraction of sp³-hybridized carbons (Fsp3) is 0.250. The fourth-order valence-corrected chi connectivity index (χ4v) is 1.72. The molecule has 0 saturated carbocycles. The summed E-state index contributed by atoms with van der Waals surface area (Å²) in [4.78, 5) is 19.3. The number of aryl methyl sites for hydroxylation is 3. The van der Waals surface area contributed by atoms with Crippen molar-refractivity contribution in [1.29, 1.82) is 0 Å². The Bertz CT molecular complexity index is 563. The third-order valence-electron chi connectivity index (χ3n) is 2.47. The molecule has 0 amide bonds. The summed E-state index contributed by atoms with van der Waals surface area (Å²) in [6, 6.07) is 5.40. The Hall–Kier alpha value is -1.62. The molecule has 0 radical (unpaired) electrons. The van der Waals surface area contributed by atoms with Crippen molar-refractivity contribution in [2.24, 2.45) is 0 Å². The van der Waals surface area contributed by atoms with Crippen molar-refractivity contribution in [3.63, 3.8) is 0 Å². The van der Waals surface area contributed by atoms with E-state index in [9.17, 15) is 4.79 Å². The van der Waals surface area contributed by atoms with Gasteiger partial charge in [-0.25, -0.2) is 0 Å². The molecule has 5 heteroatoms. The first-order valence-electron chi connectivity index (χ1n) is 5.34. The Balaban J connectivity index is 2.09. The van der Waals surface area contributed by atoms with E-state index < -0.39 is 0 Å². The minimum Gasteiger partial charge on any atom is -0.282 e. The van der Waals surface area contributed by atoms with Crippen molar-refractivity contribution < 1.29 is 0 Å². The SMILES string of the molecule is Cc1ccc(CCc2nc(=O)ccn2S)cn1. The normalized spacial score (nSPS) is 10.5. The van der Waals surface area contributed by atoms with Gasteiger partial charge in [-0.2, -0.15) is 4.98 Å². The highest BCUT2D eigenvalue weighted by Crippen LogP contribution is 2.05. The van der Waals surface area contributed by atoms with E-state index in [-0.39, 0.29) is 5.56 Å². The van der Waals surface area contributed by atoms with Gasteiger partial charge in [-0.3, -0.25) is 13.8 Å². The van der Waals surface area contributed by atoms with Crippen molar-refractivity contribution in [1.82, 2.24) is 13.9 Å². The Kier molecular flexibility index (Phi) is 3.58. The zero-order valence-electron chi connectivity index (χ0n) is 9.50. The number of pyridine rings is 1. The van der Waals surface area contributed by atoms with Gasteiger partial charge in [0.25, 0.3) is 5.56 Å². The van der Waals surface area contributed by atoms with E-state index in [0.717, 1.165) is 17.7 Å². The van der Waals surface area contributed by atoms with E-state index in [1.165, 1.54) is 6.07 Å². The molecule has 88 valence electrons. The minimum atomic E-state index is -0.229. The summed E-state index contributed by atoms with van der Waals surface area (Å²) in [5.74, 6) is 0.668. The van der Waals surface area contributed by atoms with Gasteiger partial charge in [0.05, 0.1) is 0 Å². The largest absolute Gasteiger partial charge is 0.282 e. The highest BCUT2D eigenvalue weighted by Gasteiger charge is 2.01.